The molecule has 0 aliphatic rings. The van der Waals surface area contributed by atoms with E-state index in [4.69, 9.17) is 5.73 Å². The van der Waals surface area contributed by atoms with Gasteiger partial charge in [0, 0.05) is 19.3 Å². The molecule has 7 heteroatoms. The zero-order valence-corrected chi connectivity index (χ0v) is 9.08. The molecular weight excluding hydrogens is 220 g/mol. The van der Waals surface area contributed by atoms with Gasteiger partial charge < -0.3 is 11.1 Å². The van der Waals surface area contributed by atoms with E-state index in [1.807, 2.05) is 25.4 Å². The van der Waals surface area contributed by atoms with Crippen LogP contribution in [0.25, 0.3) is 11.0 Å². The van der Waals surface area contributed by atoms with Crippen molar-refractivity contribution in [1.82, 2.24) is 20.1 Å². The minimum Gasteiger partial charge on any atom is -0.397 e. The molecule has 2 heterocycles. The molecule has 3 rings (SSSR count). The number of nitrogen functional groups attached to an aromatic ring is 1. The van der Waals surface area contributed by atoms with Gasteiger partial charge in [0.2, 0.25) is 0 Å². The number of rotatable bonds is 2. The van der Waals surface area contributed by atoms with Crippen LogP contribution in [0.2, 0.25) is 0 Å². The predicted octanol–water partition coefficient (Wildman–Crippen LogP) is 1.28. The largest absolute Gasteiger partial charge is 0.397 e. The molecule has 1 aromatic carbocycles. The van der Waals surface area contributed by atoms with Gasteiger partial charge in [0.25, 0.3) is 0 Å². The van der Waals surface area contributed by atoms with E-state index in [2.05, 4.69) is 25.4 Å². The molecule has 0 atom stereocenters. The van der Waals surface area contributed by atoms with Crippen molar-refractivity contribution in [2.45, 2.75) is 0 Å². The average molecular weight is 230 g/mol. The number of hydrogen-bond donors (Lipinski definition) is 2. The van der Waals surface area contributed by atoms with E-state index in [9.17, 15) is 0 Å². The molecule has 3 N–H and O–H groups in total. The Hall–Kier alpha value is -2.57. The SMILES string of the molecule is Cn1ccc(Nc2ccc(N)c3nonc23)n1. The van der Waals surface area contributed by atoms with Crippen molar-refractivity contribution in [2.24, 2.45) is 7.05 Å². The molecule has 7 nitrogen and oxygen atoms in total. The van der Waals surface area contributed by atoms with Crippen molar-refractivity contribution >= 4 is 28.2 Å². The quantitative estimate of drug-likeness (QED) is 0.644. The number of fused-ring (bicyclic) bond motifs is 1. The zero-order chi connectivity index (χ0) is 11.8. The Morgan fingerprint density at radius 1 is 1.24 bits per heavy atom. The smallest absolute Gasteiger partial charge is 0.160 e. The van der Waals surface area contributed by atoms with E-state index in [0.717, 1.165) is 11.5 Å². The first-order valence-corrected chi connectivity index (χ1v) is 5.01. The second kappa shape index (κ2) is 3.48. The highest BCUT2D eigenvalue weighted by Gasteiger charge is 2.10. The molecule has 17 heavy (non-hydrogen) atoms. The number of aromatic nitrogens is 4. The van der Waals surface area contributed by atoms with Gasteiger partial charge in [0.15, 0.2) is 16.9 Å². The lowest BCUT2D eigenvalue weighted by Gasteiger charge is -2.03. The first-order valence-electron chi connectivity index (χ1n) is 5.01. The Balaban J connectivity index is 2.06. The van der Waals surface area contributed by atoms with Crippen molar-refractivity contribution in [3.05, 3.63) is 24.4 Å². The van der Waals surface area contributed by atoms with E-state index >= 15 is 0 Å². The normalized spacial score (nSPS) is 10.9. The van der Waals surface area contributed by atoms with E-state index < -0.39 is 0 Å². The summed E-state index contributed by atoms with van der Waals surface area (Å²) in [5.74, 6) is 0.724. The molecule has 0 saturated heterocycles. The topological polar surface area (TPSA) is 94.8 Å². The van der Waals surface area contributed by atoms with Gasteiger partial charge in [-0.2, -0.15) is 5.10 Å². The minimum atomic E-state index is 0.535. The fourth-order valence-electron chi connectivity index (χ4n) is 1.61. The summed E-state index contributed by atoms with van der Waals surface area (Å²) in [6.07, 6.45) is 1.85. The summed E-state index contributed by atoms with van der Waals surface area (Å²) in [7, 11) is 1.85. The molecule has 2 aromatic heterocycles. The van der Waals surface area contributed by atoms with Crippen LogP contribution in [0.5, 0.6) is 0 Å². The number of nitrogens with one attached hydrogen (secondary N) is 1. The van der Waals surface area contributed by atoms with Gasteiger partial charge in [0.1, 0.15) is 0 Å². The molecule has 0 aliphatic carbocycles. The van der Waals surface area contributed by atoms with Crippen molar-refractivity contribution in [2.75, 3.05) is 11.1 Å². The molecule has 0 bridgehead atoms. The first-order chi connectivity index (χ1) is 8.24. The maximum atomic E-state index is 5.76. The summed E-state index contributed by atoms with van der Waals surface area (Å²) in [5, 5.41) is 14.9. The van der Waals surface area contributed by atoms with E-state index in [1.54, 1.807) is 10.7 Å². The van der Waals surface area contributed by atoms with Crippen LogP contribution in [0.15, 0.2) is 29.0 Å². The van der Waals surface area contributed by atoms with Gasteiger partial charge in [0.05, 0.1) is 11.4 Å². The summed E-state index contributed by atoms with van der Waals surface area (Å²) in [6, 6.07) is 5.42. The lowest BCUT2D eigenvalue weighted by Crippen LogP contribution is -1.96. The third-order valence-corrected chi connectivity index (χ3v) is 2.42. The van der Waals surface area contributed by atoms with Crippen LogP contribution in [0.3, 0.4) is 0 Å². The van der Waals surface area contributed by atoms with Gasteiger partial charge in [-0.15, -0.1) is 0 Å². The second-order valence-corrected chi connectivity index (χ2v) is 3.66. The average Bonchev–Trinajstić information content (AvgIpc) is 2.92. The molecule has 0 amide bonds. The van der Waals surface area contributed by atoms with Crippen LogP contribution in [0.1, 0.15) is 0 Å². The lowest BCUT2D eigenvalue weighted by atomic mass is 10.2. The molecule has 0 spiro atoms. The third kappa shape index (κ3) is 1.57. The molecular formula is C10H10N6O. The molecule has 0 unspecified atom stereocenters. The minimum absolute atomic E-state index is 0.535. The molecule has 3 aromatic rings. The Labute approximate surface area is 96.2 Å². The number of aryl methyl sites for hydroxylation is 1. The summed E-state index contributed by atoms with van der Waals surface area (Å²) >= 11 is 0. The van der Waals surface area contributed by atoms with Crippen molar-refractivity contribution in [1.29, 1.82) is 0 Å². The zero-order valence-electron chi connectivity index (χ0n) is 9.08. The molecule has 0 radical (unpaired) electrons. The van der Waals surface area contributed by atoms with E-state index in [0.29, 0.717) is 16.7 Å². The standard InChI is InChI=1S/C10H10N6O/c1-16-5-4-8(13-16)12-7-3-2-6(11)9-10(7)15-17-14-9/h2-5H,11H2,1H3,(H,12,13). The highest BCUT2D eigenvalue weighted by Crippen LogP contribution is 2.27. The van der Waals surface area contributed by atoms with Crippen LogP contribution in [-0.4, -0.2) is 20.1 Å². The molecule has 0 aliphatic heterocycles. The summed E-state index contributed by atoms with van der Waals surface area (Å²) in [5.41, 5.74) is 8.19. The highest BCUT2D eigenvalue weighted by atomic mass is 16.6. The maximum Gasteiger partial charge on any atom is 0.160 e. The van der Waals surface area contributed by atoms with Crippen molar-refractivity contribution in [3.8, 4) is 0 Å². The highest BCUT2D eigenvalue weighted by molar-refractivity contribution is 5.96. The van der Waals surface area contributed by atoms with Gasteiger partial charge in [-0.1, -0.05) is 0 Å². The Kier molecular flexibility index (Phi) is 1.97. The monoisotopic (exact) mass is 230 g/mol. The predicted molar refractivity (Wildman–Crippen MR) is 62.7 cm³/mol. The number of nitrogens with zero attached hydrogens (tertiary/aromatic N) is 4. The molecule has 0 fully saturated rings. The van der Waals surface area contributed by atoms with Crippen LogP contribution in [0, 0.1) is 0 Å². The van der Waals surface area contributed by atoms with E-state index in [-0.39, 0.29) is 0 Å². The Bertz CT molecular complexity index is 670. The van der Waals surface area contributed by atoms with Crippen LogP contribution >= 0.6 is 0 Å². The van der Waals surface area contributed by atoms with Crippen LogP contribution in [0.4, 0.5) is 17.2 Å². The second-order valence-electron chi connectivity index (χ2n) is 3.66. The van der Waals surface area contributed by atoms with Gasteiger partial charge in [-0.05, 0) is 22.4 Å². The molecule has 0 saturated carbocycles. The van der Waals surface area contributed by atoms with Gasteiger partial charge >= 0.3 is 0 Å². The Morgan fingerprint density at radius 2 is 2.06 bits per heavy atom. The lowest BCUT2D eigenvalue weighted by molar-refractivity contribution is 0.316. The summed E-state index contributed by atoms with van der Waals surface area (Å²) in [6.45, 7) is 0. The fourth-order valence-corrected chi connectivity index (χ4v) is 1.61. The number of anilines is 3. The van der Waals surface area contributed by atoms with E-state index in [1.165, 1.54) is 0 Å². The Morgan fingerprint density at radius 3 is 2.82 bits per heavy atom. The van der Waals surface area contributed by atoms with Crippen LogP contribution in [-0.2, 0) is 7.05 Å². The number of nitrogens with two attached hydrogens (primary N) is 1. The van der Waals surface area contributed by atoms with Gasteiger partial charge in [-0.3, -0.25) is 4.68 Å². The van der Waals surface area contributed by atoms with Crippen molar-refractivity contribution in [3.63, 3.8) is 0 Å². The summed E-state index contributed by atoms with van der Waals surface area (Å²) in [4.78, 5) is 0. The summed E-state index contributed by atoms with van der Waals surface area (Å²) < 4.78 is 6.39. The van der Waals surface area contributed by atoms with Crippen molar-refractivity contribution < 1.29 is 4.63 Å². The van der Waals surface area contributed by atoms with Gasteiger partial charge in [-0.25, -0.2) is 4.63 Å². The molecule has 86 valence electrons. The van der Waals surface area contributed by atoms with Crippen LogP contribution < -0.4 is 11.1 Å². The number of hydrogen-bond acceptors (Lipinski definition) is 6. The number of benzene rings is 1. The first kappa shape index (κ1) is 9.64. The maximum absolute atomic E-state index is 5.76. The fraction of sp³-hybridized carbons (Fsp3) is 0.100. The third-order valence-electron chi connectivity index (χ3n) is 2.42.